The molecule has 1 rings (SSSR count). The van der Waals surface area contributed by atoms with E-state index in [1.165, 1.54) is 0 Å². The fraction of sp³-hybridized carbons (Fsp3) is 0.364. The van der Waals surface area contributed by atoms with Gasteiger partial charge in [-0.05, 0) is 31.5 Å². The standard InChI is InChI=1S/C11H15NO2/c1-3-14-11(13)10-6-4-9(5-7-10)8(2)12/h4-8H,3,12H2,1-2H3. The maximum Gasteiger partial charge on any atom is 0.338 e. The molecule has 3 nitrogen and oxygen atoms in total. The van der Waals surface area contributed by atoms with Gasteiger partial charge in [0, 0.05) is 6.04 Å². The first-order valence-electron chi connectivity index (χ1n) is 4.67. The summed E-state index contributed by atoms with van der Waals surface area (Å²) in [5, 5.41) is 0. The molecule has 0 saturated carbocycles. The monoisotopic (exact) mass is 193 g/mol. The minimum atomic E-state index is -0.288. The van der Waals surface area contributed by atoms with E-state index in [0.717, 1.165) is 5.56 Å². The molecule has 0 aliphatic rings. The van der Waals surface area contributed by atoms with Crippen molar-refractivity contribution < 1.29 is 9.53 Å². The Labute approximate surface area is 83.9 Å². The quantitative estimate of drug-likeness (QED) is 0.746. The summed E-state index contributed by atoms with van der Waals surface area (Å²) in [5.74, 6) is -0.288. The van der Waals surface area contributed by atoms with E-state index in [4.69, 9.17) is 10.5 Å². The number of esters is 1. The molecule has 0 fully saturated rings. The molecule has 0 bridgehead atoms. The molecule has 2 N–H and O–H groups in total. The van der Waals surface area contributed by atoms with Gasteiger partial charge in [0.05, 0.1) is 12.2 Å². The van der Waals surface area contributed by atoms with Crippen molar-refractivity contribution in [2.75, 3.05) is 6.61 Å². The van der Waals surface area contributed by atoms with Crippen LogP contribution in [0.15, 0.2) is 24.3 Å². The normalized spacial score (nSPS) is 12.2. The molecule has 0 radical (unpaired) electrons. The molecule has 0 saturated heterocycles. The molecule has 3 heteroatoms. The SMILES string of the molecule is CCOC(=O)c1ccc(C(C)N)cc1. The van der Waals surface area contributed by atoms with Gasteiger partial charge in [0.2, 0.25) is 0 Å². The smallest absolute Gasteiger partial charge is 0.338 e. The number of carbonyl (C=O) groups is 1. The molecule has 1 atom stereocenters. The van der Waals surface area contributed by atoms with Crippen molar-refractivity contribution in [3.8, 4) is 0 Å². The van der Waals surface area contributed by atoms with Gasteiger partial charge in [-0.25, -0.2) is 4.79 Å². The number of ether oxygens (including phenoxy) is 1. The van der Waals surface area contributed by atoms with Crippen LogP contribution >= 0.6 is 0 Å². The van der Waals surface area contributed by atoms with E-state index in [9.17, 15) is 4.79 Å². The van der Waals surface area contributed by atoms with Crippen molar-refractivity contribution in [3.05, 3.63) is 35.4 Å². The largest absolute Gasteiger partial charge is 0.462 e. The van der Waals surface area contributed by atoms with Gasteiger partial charge in [0.25, 0.3) is 0 Å². The van der Waals surface area contributed by atoms with Gasteiger partial charge in [-0.3, -0.25) is 0 Å². The number of carbonyl (C=O) groups excluding carboxylic acids is 1. The molecule has 1 aromatic carbocycles. The first kappa shape index (κ1) is 10.7. The van der Waals surface area contributed by atoms with Crippen molar-refractivity contribution in [1.82, 2.24) is 0 Å². The highest BCUT2D eigenvalue weighted by molar-refractivity contribution is 5.89. The van der Waals surface area contributed by atoms with Crippen molar-refractivity contribution in [2.45, 2.75) is 19.9 Å². The highest BCUT2D eigenvalue weighted by Gasteiger charge is 2.06. The van der Waals surface area contributed by atoms with Crippen LogP contribution in [0.1, 0.15) is 35.8 Å². The average Bonchev–Trinajstić information content (AvgIpc) is 2.18. The third-order valence-electron chi connectivity index (χ3n) is 1.95. The van der Waals surface area contributed by atoms with E-state index in [0.29, 0.717) is 12.2 Å². The Morgan fingerprint density at radius 2 is 2.00 bits per heavy atom. The fourth-order valence-corrected chi connectivity index (χ4v) is 1.14. The molecular weight excluding hydrogens is 178 g/mol. The van der Waals surface area contributed by atoms with Crippen molar-refractivity contribution in [2.24, 2.45) is 5.73 Å². The summed E-state index contributed by atoms with van der Waals surface area (Å²) < 4.78 is 4.86. The van der Waals surface area contributed by atoms with Crippen LogP contribution in [0.5, 0.6) is 0 Å². The zero-order valence-electron chi connectivity index (χ0n) is 8.49. The van der Waals surface area contributed by atoms with Gasteiger partial charge in [0.15, 0.2) is 0 Å². The number of rotatable bonds is 3. The summed E-state index contributed by atoms with van der Waals surface area (Å²) in [5.41, 5.74) is 7.26. The van der Waals surface area contributed by atoms with E-state index < -0.39 is 0 Å². The Bertz CT molecular complexity index is 304. The Morgan fingerprint density at radius 3 is 2.43 bits per heavy atom. The Balaban J connectivity index is 2.78. The molecular formula is C11H15NO2. The topological polar surface area (TPSA) is 52.3 Å². The van der Waals surface area contributed by atoms with Crippen LogP contribution in [0.25, 0.3) is 0 Å². The third-order valence-corrected chi connectivity index (χ3v) is 1.95. The number of hydrogen-bond acceptors (Lipinski definition) is 3. The van der Waals surface area contributed by atoms with Gasteiger partial charge >= 0.3 is 5.97 Å². The summed E-state index contributed by atoms with van der Waals surface area (Å²) in [6.45, 7) is 4.08. The van der Waals surface area contributed by atoms with Gasteiger partial charge in [0.1, 0.15) is 0 Å². The maximum absolute atomic E-state index is 11.3. The molecule has 0 spiro atoms. The van der Waals surface area contributed by atoms with Crippen molar-refractivity contribution >= 4 is 5.97 Å². The lowest BCUT2D eigenvalue weighted by Crippen LogP contribution is -2.07. The van der Waals surface area contributed by atoms with E-state index in [1.807, 2.05) is 19.1 Å². The van der Waals surface area contributed by atoms with Crippen molar-refractivity contribution in [3.63, 3.8) is 0 Å². The van der Waals surface area contributed by atoms with Crippen molar-refractivity contribution in [1.29, 1.82) is 0 Å². The highest BCUT2D eigenvalue weighted by atomic mass is 16.5. The summed E-state index contributed by atoms with van der Waals surface area (Å²) >= 11 is 0. The summed E-state index contributed by atoms with van der Waals surface area (Å²) in [6.07, 6.45) is 0. The van der Waals surface area contributed by atoms with E-state index >= 15 is 0 Å². The molecule has 14 heavy (non-hydrogen) atoms. The predicted octanol–water partition coefficient (Wildman–Crippen LogP) is 1.88. The second-order valence-corrected chi connectivity index (χ2v) is 3.13. The molecule has 1 aromatic rings. The molecule has 0 aromatic heterocycles. The molecule has 0 heterocycles. The van der Waals surface area contributed by atoms with Crippen LogP contribution in [0.2, 0.25) is 0 Å². The molecule has 76 valence electrons. The molecule has 0 amide bonds. The second kappa shape index (κ2) is 4.77. The summed E-state index contributed by atoms with van der Waals surface area (Å²) in [4.78, 5) is 11.3. The van der Waals surface area contributed by atoms with Gasteiger partial charge < -0.3 is 10.5 Å². The zero-order chi connectivity index (χ0) is 10.6. The Kier molecular flexibility index (Phi) is 3.65. The van der Waals surface area contributed by atoms with Crippen LogP contribution in [-0.2, 0) is 4.74 Å². The van der Waals surface area contributed by atoms with E-state index in [-0.39, 0.29) is 12.0 Å². The van der Waals surface area contributed by atoms with Gasteiger partial charge in [-0.2, -0.15) is 0 Å². The van der Waals surface area contributed by atoms with Crippen LogP contribution in [0.4, 0.5) is 0 Å². The maximum atomic E-state index is 11.3. The van der Waals surface area contributed by atoms with Gasteiger partial charge in [-0.1, -0.05) is 12.1 Å². The van der Waals surface area contributed by atoms with Gasteiger partial charge in [-0.15, -0.1) is 0 Å². The number of hydrogen-bond donors (Lipinski definition) is 1. The fourth-order valence-electron chi connectivity index (χ4n) is 1.14. The summed E-state index contributed by atoms with van der Waals surface area (Å²) in [7, 11) is 0. The molecule has 0 aliphatic heterocycles. The minimum Gasteiger partial charge on any atom is -0.462 e. The lowest BCUT2D eigenvalue weighted by Gasteiger charge is -2.06. The van der Waals surface area contributed by atoms with Crippen LogP contribution in [-0.4, -0.2) is 12.6 Å². The summed E-state index contributed by atoms with van der Waals surface area (Å²) in [6, 6.07) is 7.15. The minimum absolute atomic E-state index is 0.00811. The Hall–Kier alpha value is -1.35. The molecule has 0 aliphatic carbocycles. The highest BCUT2D eigenvalue weighted by Crippen LogP contribution is 2.11. The first-order chi connectivity index (χ1) is 6.65. The van der Waals surface area contributed by atoms with Crippen LogP contribution in [0, 0.1) is 0 Å². The Morgan fingerprint density at radius 1 is 1.43 bits per heavy atom. The van der Waals surface area contributed by atoms with E-state index in [1.54, 1.807) is 19.1 Å². The zero-order valence-corrected chi connectivity index (χ0v) is 8.49. The molecule has 1 unspecified atom stereocenters. The number of nitrogens with two attached hydrogens (primary N) is 1. The third kappa shape index (κ3) is 2.57. The lowest BCUT2D eigenvalue weighted by atomic mass is 10.1. The van der Waals surface area contributed by atoms with Crippen LogP contribution in [0.3, 0.4) is 0 Å². The first-order valence-corrected chi connectivity index (χ1v) is 4.67. The average molecular weight is 193 g/mol. The van der Waals surface area contributed by atoms with E-state index in [2.05, 4.69) is 0 Å². The second-order valence-electron chi connectivity index (χ2n) is 3.13. The predicted molar refractivity (Wildman–Crippen MR) is 55.0 cm³/mol. The lowest BCUT2D eigenvalue weighted by molar-refractivity contribution is 0.0526. The van der Waals surface area contributed by atoms with Crippen LogP contribution < -0.4 is 5.73 Å². The number of benzene rings is 1.